The molecule has 1 saturated heterocycles. The van der Waals surface area contributed by atoms with Gasteiger partial charge in [0.25, 0.3) is 0 Å². The first-order chi connectivity index (χ1) is 8.64. The van der Waals surface area contributed by atoms with Crippen LogP contribution in [0, 0.1) is 0 Å². The number of carbonyl (C=O) groups excluding carboxylic acids is 1. The molecule has 3 nitrogen and oxygen atoms in total. The number of halogens is 1. The molecule has 1 rings (SSSR count). The molecule has 0 aromatic carbocycles. The van der Waals surface area contributed by atoms with Gasteiger partial charge in [-0.1, -0.05) is 41.5 Å². The van der Waals surface area contributed by atoms with Gasteiger partial charge >= 0.3 is 0 Å². The van der Waals surface area contributed by atoms with Gasteiger partial charge in [-0.15, -0.1) is 11.6 Å². The van der Waals surface area contributed by atoms with Crippen LogP contribution in [0.15, 0.2) is 0 Å². The minimum atomic E-state index is -1.90. The van der Waals surface area contributed by atoms with E-state index in [2.05, 4.69) is 46.9 Å². The number of β-lactam (4-membered cyclic amide) rings is 1. The zero-order valence-corrected chi connectivity index (χ0v) is 14.9. The van der Waals surface area contributed by atoms with Crippen LogP contribution in [0.2, 0.25) is 16.6 Å². The van der Waals surface area contributed by atoms with Crippen molar-refractivity contribution >= 4 is 25.8 Å². The molecule has 0 spiro atoms. The number of hydrogen-bond donors (Lipinski definition) is 1. The Labute approximate surface area is 123 Å². The summed E-state index contributed by atoms with van der Waals surface area (Å²) in [6, 6.07) is -0.0442. The van der Waals surface area contributed by atoms with Crippen LogP contribution in [-0.4, -0.2) is 31.7 Å². The largest absolute Gasteiger partial charge is 0.411 e. The lowest BCUT2D eigenvalue weighted by Crippen LogP contribution is -2.66. The Balaban J connectivity index is 2.86. The maximum absolute atomic E-state index is 11.2. The monoisotopic (exact) mass is 305 g/mol. The van der Waals surface area contributed by atoms with E-state index in [1.165, 1.54) is 0 Å². The third kappa shape index (κ3) is 3.00. The Morgan fingerprint density at radius 2 is 1.47 bits per heavy atom. The number of carbonyl (C=O) groups is 1. The summed E-state index contributed by atoms with van der Waals surface area (Å²) in [5.74, 6) is -0.0759. The van der Waals surface area contributed by atoms with Gasteiger partial charge in [0.15, 0.2) is 0 Å². The van der Waals surface area contributed by atoms with Crippen molar-refractivity contribution in [2.75, 3.05) is 0 Å². The van der Waals surface area contributed by atoms with Crippen molar-refractivity contribution in [1.82, 2.24) is 5.32 Å². The molecular weight excluding hydrogens is 278 g/mol. The van der Waals surface area contributed by atoms with Gasteiger partial charge in [0.05, 0.1) is 12.1 Å². The molecule has 1 amide bonds. The smallest absolute Gasteiger partial charge is 0.240 e. The highest BCUT2D eigenvalue weighted by atomic mass is 35.5. The van der Waals surface area contributed by atoms with Gasteiger partial charge in [0, 0.05) is 0 Å². The summed E-state index contributed by atoms with van der Waals surface area (Å²) in [4.78, 5) is 11.2. The fraction of sp³-hybridized carbons (Fsp3) is 0.929. The average molecular weight is 306 g/mol. The highest BCUT2D eigenvalue weighted by Gasteiger charge is 2.50. The predicted octanol–water partition coefficient (Wildman–Crippen LogP) is 3.67. The molecule has 5 heteroatoms. The molecule has 3 atom stereocenters. The van der Waals surface area contributed by atoms with E-state index in [1.807, 2.05) is 6.92 Å². The van der Waals surface area contributed by atoms with E-state index in [1.54, 1.807) is 0 Å². The van der Waals surface area contributed by atoms with Crippen molar-refractivity contribution in [3.8, 4) is 0 Å². The van der Waals surface area contributed by atoms with E-state index >= 15 is 0 Å². The molecule has 1 fully saturated rings. The van der Waals surface area contributed by atoms with Gasteiger partial charge in [-0.3, -0.25) is 4.79 Å². The van der Waals surface area contributed by atoms with Crippen LogP contribution < -0.4 is 5.32 Å². The molecule has 1 aliphatic rings. The first-order valence-electron chi connectivity index (χ1n) is 7.26. The Hall–Kier alpha value is -0.0631. The standard InChI is InChI=1S/C14H28ClNO2Si/c1-8(2)19(9(3)4,10(5)6)18-11(7)13-12(15)14(17)16-13/h8-13H,1-7H3,(H,16,17)/t11-,12+,13+/m0/s1. The van der Waals surface area contributed by atoms with Crippen LogP contribution in [0.5, 0.6) is 0 Å². The number of amides is 1. The molecule has 0 aromatic rings. The van der Waals surface area contributed by atoms with Crippen molar-refractivity contribution in [3.63, 3.8) is 0 Å². The normalized spacial score (nSPS) is 25.7. The Morgan fingerprint density at radius 3 is 1.74 bits per heavy atom. The lowest BCUT2D eigenvalue weighted by molar-refractivity contribution is -0.129. The molecule has 1 N–H and O–H groups in total. The number of alkyl halides is 1. The first kappa shape index (κ1) is 17.0. The van der Waals surface area contributed by atoms with E-state index in [4.69, 9.17) is 16.0 Å². The lowest BCUT2D eigenvalue weighted by atomic mass is 10.0. The highest BCUT2D eigenvalue weighted by Crippen LogP contribution is 2.43. The lowest BCUT2D eigenvalue weighted by Gasteiger charge is -2.47. The van der Waals surface area contributed by atoms with E-state index in [0.29, 0.717) is 16.6 Å². The number of hydrogen-bond acceptors (Lipinski definition) is 2. The van der Waals surface area contributed by atoms with E-state index in [9.17, 15) is 4.79 Å². The second kappa shape index (κ2) is 6.14. The fourth-order valence-electron chi connectivity index (χ4n) is 3.54. The third-order valence-corrected chi connectivity index (χ3v) is 11.1. The minimum absolute atomic E-state index is 0.0148. The van der Waals surface area contributed by atoms with Crippen LogP contribution in [0.4, 0.5) is 0 Å². The number of rotatable bonds is 6. The van der Waals surface area contributed by atoms with Crippen molar-refractivity contribution in [3.05, 3.63) is 0 Å². The van der Waals surface area contributed by atoms with Gasteiger partial charge in [-0.2, -0.15) is 0 Å². The average Bonchev–Trinajstić information content (AvgIpc) is 2.30. The van der Waals surface area contributed by atoms with Gasteiger partial charge in [-0.05, 0) is 23.5 Å². The third-order valence-electron chi connectivity index (χ3n) is 4.48. The molecule has 0 radical (unpaired) electrons. The number of nitrogens with one attached hydrogen (secondary N) is 1. The van der Waals surface area contributed by atoms with Crippen molar-refractivity contribution in [2.45, 2.75) is 82.6 Å². The summed E-state index contributed by atoms with van der Waals surface area (Å²) >= 11 is 6.05. The minimum Gasteiger partial charge on any atom is -0.411 e. The Kier molecular flexibility index (Phi) is 5.49. The summed E-state index contributed by atoms with van der Waals surface area (Å²) < 4.78 is 6.58. The first-order valence-corrected chi connectivity index (χ1v) is 9.84. The van der Waals surface area contributed by atoms with E-state index in [-0.39, 0.29) is 18.1 Å². The van der Waals surface area contributed by atoms with E-state index in [0.717, 1.165) is 0 Å². The molecule has 1 aliphatic heterocycles. The highest BCUT2D eigenvalue weighted by molar-refractivity contribution is 6.77. The van der Waals surface area contributed by atoms with Crippen LogP contribution in [0.25, 0.3) is 0 Å². The van der Waals surface area contributed by atoms with Gasteiger partial charge in [-0.25, -0.2) is 0 Å². The van der Waals surface area contributed by atoms with Crippen LogP contribution in [0.3, 0.4) is 0 Å². The predicted molar refractivity (Wildman–Crippen MR) is 83.2 cm³/mol. The molecular formula is C14H28ClNO2Si. The van der Waals surface area contributed by atoms with Crippen LogP contribution >= 0.6 is 11.6 Å². The van der Waals surface area contributed by atoms with Gasteiger partial charge < -0.3 is 9.74 Å². The van der Waals surface area contributed by atoms with Gasteiger partial charge in [0.2, 0.25) is 14.2 Å². The summed E-state index contributed by atoms with van der Waals surface area (Å²) in [6.45, 7) is 15.6. The van der Waals surface area contributed by atoms with Crippen molar-refractivity contribution in [1.29, 1.82) is 0 Å². The van der Waals surface area contributed by atoms with E-state index < -0.39 is 13.7 Å². The topological polar surface area (TPSA) is 38.3 Å². The summed E-state index contributed by atoms with van der Waals surface area (Å²) in [5.41, 5.74) is 1.62. The molecule has 0 aliphatic carbocycles. The summed E-state index contributed by atoms with van der Waals surface area (Å²) in [5, 5.41) is 2.42. The molecule has 112 valence electrons. The van der Waals surface area contributed by atoms with Crippen molar-refractivity contribution in [2.24, 2.45) is 0 Å². The van der Waals surface area contributed by atoms with Gasteiger partial charge in [0.1, 0.15) is 5.38 Å². The zero-order chi connectivity index (χ0) is 15.0. The molecule has 0 aromatic heterocycles. The molecule has 0 unspecified atom stereocenters. The second-order valence-electron chi connectivity index (χ2n) is 6.58. The Morgan fingerprint density at radius 1 is 1.05 bits per heavy atom. The molecule has 1 heterocycles. The summed E-state index contributed by atoms with van der Waals surface area (Å²) in [6.07, 6.45) is -0.0148. The molecule has 0 saturated carbocycles. The quantitative estimate of drug-likeness (QED) is 0.462. The van der Waals surface area contributed by atoms with Crippen LogP contribution in [0.1, 0.15) is 48.5 Å². The SMILES string of the molecule is CC(C)[Si](O[C@@H](C)[C@H]1NC(=O)[C@@H]1Cl)(C(C)C)C(C)C. The zero-order valence-electron chi connectivity index (χ0n) is 13.2. The van der Waals surface area contributed by atoms with Crippen LogP contribution in [-0.2, 0) is 9.22 Å². The maximum Gasteiger partial charge on any atom is 0.240 e. The van der Waals surface area contributed by atoms with Crippen molar-refractivity contribution < 1.29 is 9.22 Å². The fourth-order valence-corrected chi connectivity index (χ4v) is 9.48. The molecule has 19 heavy (non-hydrogen) atoms. The Bertz CT molecular complexity index is 312. The second-order valence-corrected chi connectivity index (χ2v) is 12.5. The summed E-state index contributed by atoms with van der Waals surface area (Å²) in [7, 11) is -1.90. The molecule has 0 bridgehead atoms. The maximum atomic E-state index is 11.2.